The molecule has 1 amide bonds. The van der Waals surface area contributed by atoms with Crippen LogP contribution in [0.2, 0.25) is 0 Å². The second-order valence-electron chi connectivity index (χ2n) is 15.7. The maximum Gasteiger partial charge on any atom is 0.328 e. The van der Waals surface area contributed by atoms with Crippen LogP contribution in [0.5, 0.6) is 11.5 Å². The zero-order valence-corrected chi connectivity index (χ0v) is 35.6. The van der Waals surface area contributed by atoms with E-state index in [1.807, 2.05) is 72.8 Å². The van der Waals surface area contributed by atoms with Gasteiger partial charge in [0.05, 0.1) is 40.3 Å². The molecule has 0 fully saturated rings. The number of aromatic amines is 4. The summed E-state index contributed by atoms with van der Waals surface area (Å²) in [5, 5.41) is 26.6. The minimum absolute atomic E-state index is 0.0984. The first-order valence-corrected chi connectivity index (χ1v) is 21.0. The van der Waals surface area contributed by atoms with E-state index in [0.29, 0.717) is 87.2 Å². The molecule has 0 aliphatic carbocycles. The number of allylic oxidation sites excluding steroid dienone is 2. The molecule has 0 bridgehead atoms. The Labute approximate surface area is 370 Å². The fourth-order valence-corrected chi connectivity index (χ4v) is 7.98. The minimum Gasteiger partial charge on any atom is -0.508 e. The van der Waals surface area contributed by atoms with Crippen LogP contribution in [-0.2, 0) is 44.8 Å². The lowest BCUT2D eigenvalue weighted by atomic mass is 9.99. The summed E-state index contributed by atoms with van der Waals surface area (Å²) < 4.78 is 10.7. The summed E-state index contributed by atoms with van der Waals surface area (Å²) in [6.45, 7) is 1.32. The molecular formula is C49H46N8O8. The molecule has 16 nitrogen and oxygen atoms in total. The fraction of sp³-hybridized carbons (Fsp3) is 0.204. The lowest BCUT2D eigenvalue weighted by Gasteiger charge is -2.16. The van der Waals surface area contributed by atoms with Crippen LogP contribution < -0.4 is 48.1 Å². The molecule has 6 aromatic rings. The van der Waals surface area contributed by atoms with E-state index in [-0.39, 0.29) is 35.6 Å². The number of fused-ring (bicyclic) bond motifs is 2. The van der Waals surface area contributed by atoms with Gasteiger partial charge in [-0.2, -0.15) is 0 Å². The largest absolute Gasteiger partial charge is 0.508 e. The van der Waals surface area contributed by atoms with Gasteiger partial charge in [0.25, 0.3) is 11.1 Å². The molecule has 16 heteroatoms. The van der Waals surface area contributed by atoms with Gasteiger partial charge in [-0.1, -0.05) is 60.7 Å². The van der Waals surface area contributed by atoms with E-state index < -0.39 is 24.0 Å². The van der Waals surface area contributed by atoms with Crippen molar-refractivity contribution in [3.05, 3.63) is 184 Å². The van der Waals surface area contributed by atoms with Crippen molar-refractivity contribution in [2.24, 2.45) is 15.7 Å². The second kappa shape index (κ2) is 19.1. The minimum atomic E-state index is -1.06. The van der Waals surface area contributed by atoms with Gasteiger partial charge in [0.2, 0.25) is 5.91 Å². The first-order valence-electron chi connectivity index (χ1n) is 21.0. The van der Waals surface area contributed by atoms with Crippen LogP contribution in [0.3, 0.4) is 0 Å². The molecule has 2 atom stereocenters. The molecule has 2 aliphatic heterocycles. The van der Waals surface area contributed by atoms with Gasteiger partial charge in [0.15, 0.2) is 0 Å². The van der Waals surface area contributed by atoms with E-state index in [1.165, 1.54) is 14.0 Å². The molecule has 0 radical (unpaired) electrons. The van der Waals surface area contributed by atoms with Gasteiger partial charge in [-0.05, 0) is 96.5 Å². The molecule has 0 saturated carbocycles. The van der Waals surface area contributed by atoms with Crippen LogP contribution >= 0.6 is 0 Å². The first kappa shape index (κ1) is 43.5. The number of carbonyl (C=O) groups excluding carboxylic acids is 3. The molecule has 0 spiro atoms. The number of carbonyl (C=O) groups is 3. The number of hydrogen-bond acceptors (Lipinski definition) is 11. The normalized spacial score (nSPS) is 14.9. The summed E-state index contributed by atoms with van der Waals surface area (Å²) in [7, 11) is 1.25. The van der Waals surface area contributed by atoms with Crippen molar-refractivity contribution in [3.63, 3.8) is 0 Å². The van der Waals surface area contributed by atoms with Crippen molar-refractivity contribution in [1.29, 1.82) is 0 Å². The SMILES string of the molecule is COC(=O)C(CC1=c2ccccc2=NC1=Cc1c(CCc2ccc(OC(=O)C(N)CC3=c4ccccc4=NC3=Cc3c(CCc4ccc(O)cc4)[nH][nH]c3=O)cc2)[nH][nH]c1=O)NC(C)=O. The summed E-state index contributed by atoms with van der Waals surface area (Å²) in [6, 6.07) is 26.8. The molecule has 2 aliphatic rings. The number of nitrogens with two attached hydrogens (primary N) is 1. The number of para-hydroxylation sites is 2. The van der Waals surface area contributed by atoms with E-state index in [9.17, 15) is 29.1 Å². The van der Waals surface area contributed by atoms with Gasteiger partial charge in [-0.15, -0.1) is 0 Å². The van der Waals surface area contributed by atoms with Crippen molar-refractivity contribution < 1.29 is 29.0 Å². The van der Waals surface area contributed by atoms with E-state index in [1.54, 1.807) is 36.4 Å². The molecule has 8 rings (SSSR count). The van der Waals surface area contributed by atoms with Gasteiger partial charge < -0.3 is 35.8 Å². The number of rotatable bonds is 16. The number of methoxy groups -OCH3 is 1. The maximum absolute atomic E-state index is 13.4. The van der Waals surface area contributed by atoms with Gasteiger partial charge in [0.1, 0.15) is 23.6 Å². The van der Waals surface area contributed by atoms with Crippen molar-refractivity contribution in [3.8, 4) is 11.5 Å². The number of ether oxygens (including phenoxy) is 2. The number of H-pyrrole nitrogens is 4. The third kappa shape index (κ3) is 9.92. The van der Waals surface area contributed by atoms with Crippen molar-refractivity contribution in [1.82, 2.24) is 25.7 Å². The third-order valence-corrected chi connectivity index (χ3v) is 11.3. The lowest BCUT2D eigenvalue weighted by Crippen LogP contribution is -2.41. The number of benzene rings is 4. The van der Waals surface area contributed by atoms with E-state index >= 15 is 0 Å². The molecule has 0 saturated heterocycles. The number of aromatic nitrogens is 4. The van der Waals surface area contributed by atoms with E-state index in [2.05, 4.69) is 25.7 Å². The zero-order valence-electron chi connectivity index (χ0n) is 35.6. The predicted molar refractivity (Wildman–Crippen MR) is 242 cm³/mol. The summed E-state index contributed by atoms with van der Waals surface area (Å²) in [4.78, 5) is 73.6. The summed E-state index contributed by atoms with van der Waals surface area (Å²) in [5.41, 5.74) is 12.3. The highest BCUT2D eigenvalue weighted by molar-refractivity contribution is 5.87. The van der Waals surface area contributed by atoms with Crippen molar-refractivity contribution in [2.45, 2.75) is 57.5 Å². The highest BCUT2D eigenvalue weighted by atomic mass is 16.5. The molecule has 4 heterocycles. The number of hydrogen-bond donors (Lipinski definition) is 7. The standard InChI is InChI=1S/C49H46N8O8/c1-27(58)51-45(49(63)64-2)24-35-33-8-4-6-10-40(33)53-44(35)26-37-42(55-57-47(37)61)22-16-29-13-19-31(20-14-29)65-48(62)38(50)23-34-32-7-3-5-9-39(32)52-43(34)25-36-41(54-56-46(36)60)21-15-28-11-17-30(59)18-12-28/h3-14,17-20,25-26,38,45,59H,15-16,21-24,50H2,1-2H3,(H,51,58)(H2,54,56,60)(H2,55,57,61). The Hall–Kier alpha value is -8.11. The van der Waals surface area contributed by atoms with Crippen LogP contribution in [0.25, 0.3) is 23.3 Å². The molecule has 330 valence electrons. The lowest BCUT2D eigenvalue weighted by molar-refractivity contribution is -0.144. The van der Waals surface area contributed by atoms with Crippen molar-refractivity contribution >= 4 is 41.1 Å². The van der Waals surface area contributed by atoms with Gasteiger partial charge in [-0.25, -0.2) is 19.6 Å². The Morgan fingerprint density at radius 2 is 1.17 bits per heavy atom. The molecule has 4 aromatic carbocycles. The molecule has 2 aromatic heterocycles. The quantitative estimate of drug-likeness (QED) is 0.0555. The second-order valence-corrected chi connectivity index (χ2v) is 15.7. The highest BCUT2D eigenvalue weighted by Gasteiger charge is 2.27. The zero-order chi connectivity index (χ0) is 45.6. The number of aromatic hydroxyl groups is 1. The molecular weight excluding hydrogens is 829 g/mol. The highest BCUT2D eigenvalue weighted by Crippen LogP contribution is 2.26. The first-order chi connectivity index (χ1) is 31.4. The summed E-state index contributed by atoms with van der Waals surface area (Å²) >= 11 is 0. The van der Waals surface area contributed by atoms with Crippen LogP contribution in [0.15, 0.2) is 128 Å². The number of phenolic OH excluding ortho intramolecular Hbond substituents is 1. The average molecular weight is 875 g/mol. The summed E-state index contributed by atoms with van der Waals surface area (Å²) in [5.74, 6) is -1.15. The monoisotopic (exact) mass is 874 g/mol. The third-order valence-electron chi connectivity index (χ3n) is 11.3. The number of nitrogens with one attached hydrogen (secondary N) is 5. The number of phenols is 1. The maximum atomic E-state index is 13.4. The van der Waals surface area contributed by atoms with E-state index in [4.69, 9.17) is 25.2 Å². The number of aryl methyl sites for hydroxylation is 4. The van der Waals surface area contributed by atoms with Crippen LogP contribution in [0.4, 0.5) is 0 Å². The van der Waals surface area contributed by atoms with Gasteiger partial charge in [0, 0.05) is 41.6 Å². The Balaban J connectivity index is 0.933. The van der Waals surface area contributed by atoms with E-state index in [0.717, 1.165) is 21.6 Å². The Kier molecular flexibility index (Phi) is 12.8. The number of amides is 1. The number of nitrogens with zero attached hydrogens (tertiary/aromatic N) is 2. The fourth-order valence-electron chi connectivity index (χ4n) is 7.98. The van der Waals surface area contributed by atoms with Gasteiger partial charge in [-0.3, -0.25) is 24.6 Å². The van der Waals surface area contributed by atoms with Gasteiger partial charge >= 0.3 is 11.9 Å². The Bertz CT molecular complexity index is 3250. The smallest absolute Gasteiger partial charge is 0.328 e. The van der Waals surface area contributed by atoms with Crippen LogP contribution in [0, 0.1) is 0 Å². The van der Waals surface area contributed by atoms with Crippen molar-refractivity contribution in [2.75, 3.05) is 7.11 Å². The predicted octanol–water partition coefficient (Wildman–Crippen LogP) is 2.04. The topological polar surface area (TPSA) is 250 Å². The number of esters is 2. The Morgan fingerprint density at radius 3 is 1.68 bits per heavy atom. The molecule has 8 N–H and O–H groups in total. The van der Waals surface area contributed by atoms with Crippen LogP contribution in [0.1, 0.15) is 53.4 Å². The summed E-state index contributed by atoms with van der Waals surface area (Å²) in [6.07, 6.45) is 5.71. The van der Waals surface area contributed by atoms with Crippen LogP contribution in [-0.4, -0.2) is 62.5 Å². The average Bonchev–Trinajstić information content (AvgIpc) is 4.05. The Morgan fingerprint density at radius 1 is 0.677 bits per heavy atom. The molecule has 65 heavy (non-hydrogen) atoms. The molecule has 2 unspecified atom stereocenters.